The van der Waals surface area contributed by atoms with Crippen LogP contribution in [0.2, 0.25) is 0 Å². The molecule has 0 aliphatic rings. The van der Waals surface area contributed by atoms with Crippen LogP contribution >= 0.6 is 27.3 Å². The van der Waals surface area contributed by atoms with Crippen LogP contribution in [0.25, 0.3) is 10.6 Å². The normalized spacial score (nSPS) is 12.7. The summed E-state index contributed by atoms with van der Waals surface area (Å²) in [5.74, 6) is 0. The van der Waals surface area contributed by atoms with Gasteiger partial charge in [0.25, 0.3) is 0 Å². The lowest BCUT2D eigenvalue weighted by atomic mass is 10.1. The van der Waals surface area contributed by atoms with E-state index in [2.05, 4.69) is 58.3 Å². The molecule has 0 fully saturated rings. The number of benzene rings is 1. The van der Waals surface area contributed by atoms with Crippen LogP contribution in [-0.4, -0.2) is 12.0 Å². The van der Waals surface area contributed by atoms with E-state index in [-0.39, 0.29) is 0 Å². The number of nitrogens with zero attached hydrogens (tertiary/aromatic N) is 1. The summed E-state index contributed by atoms with van der Waals surface area (Å²) >= 11 is 5.26. The number of halogens is 1. The predicted octanol–water partition coefficient (Wildman–Crippen LogP) is 4.16. The summed E-state index contributed by atoms with van der Waals surface area (Å²) in [6, 6.07) is 6.70. The molecular formula is C13H15BrN2S. The van der Waals surface area contributed by atoms with E-state index in [1.54, 1.807) is 11.3 Å². The fourth-order valence-corrected chi connectivity index (χ4v) is 2.76. The lowest BCUT2D eigenvalue weighted by Gasteiger charge is -2.05. The first-order valence-corrected chi connectivity index (χ1v) is 7.12. The molecule has 0 aliphatic carbocycles. The van der Waals surface area contributed by atoms with Crippen molar-refractivity contribution in [3.8, 4) is 10.6 Å². The van der Waals surface area contributed by atoms with Gasteiger partial charge in [-0.15, -0.1) is 11.3 Å². The van der Waals surface area contributed by atoms with Gasteiger partial charge in [-0.1, -0.05) is 22.0 Å². The van der Waals surface area contributed by atoms with Crippen LogP contribution in [0.15, 0.2) is 28.9 Å². The van der Waals surface area contributed by atoms with E-state index in [1.807, 2.05) is 13.2 Å². The van der Waals surface area contributed by atoms with Crippen LogP contribution in [0.4, 0.5) is 0 Å². The topological polar surface area (TPSA) is 24.9 Å². The molecule has 0 bridgehead atoms. The number of aryl methyl sites for hydroxylation is 1. The second-order valence-corrected chi connectivity index (χ2v) is 5.96. The minimum Gasteiger partial charge on any atom is -0.312 e. The first-order valence-electron chi connectivity index (χ1n) is 5.51. The molecule has 0 aliphatic heterocycles. The molecule has 0 amide bonds. The van der Waals surface area contributed by atoms with E-state index >= 15 is 0 Å². The Morgan fingerprint density at radius 2 is 2.18 bits per heavy atom. The highest BCUT2D eigenvalue weighted by atomic mass is 79.9. The molecule has 90 valence electrons. The zero-order valence-electron chi connectivity index (χ0n) is 10.1. The number of hydrogen-bond acceptors (Lipinski definition) is 3. The van der Waals surface area contributed by atoms with Gasteiger partial charge < -0.3 is 5.32 Å². The van der Waals surface area contributed by atoms with Crippen molar-refractivity contribution in [3.05, 3.63) is 39.3 Å². The lowest BCUT2D eigenvalue weighted by Crippen LogP contribution is -2.10. The maximum Gasteiger partial charge on any atom is 0.123 e. The Bertz CT molecular complexity index is 522. The summed E-state index contributed by atoms with van der Waals surface area (Å²) in [7, 11) is 1.97. The molecule has 0 radical (unpaired) electrons. The first kappa shape index (κ1) is 12.7. The third-order valence-corrected chi connectivity index (χ3v) is 4.91. The van der Waals surface area contributed by atoms with Crippen molar-refractivity contribution < 1.29 is 0 Å². The van der Waals surface area contributed by atoms with Gasteiger partial charge in [0.05, 0.1) is 0 Å². The summed E-state index contributed by atoms with van der Waals surface area (Å²) in [4.78, 5) is 5.76. The maximum atomic E-state index is 4.49. The molecule has 2 nitrogen and oxygen atoms in total. The van der Waals surface area contributed by atoms with Gasteiger partial charge in [0.15, 0.2) is 0 Å². The molecule has 2 rings (SSSR count). The van der Waals surface area contributed by atoms with E-state index in [1.165, 1.54) is 16.0 Å². The Morgan fingerprint density at radius 1 is 1.41 bits per heavy atom. The monoisotopic (exact) mass is 310 g/mol. The average molecular weight is 311 g/mol. The smallest absolute Gasteiger partial charge is 0.123 e. The van der Waals surface area contributed by atoms with Gasteiger partial charge in [-0.2, -0.15) is 0 Å². The largest absolute Gasteiger partial charge is 0.312 e. The molecular weight excluding hydrogens is 296 g/mol. The third kappa shape index (κ3) is 2.76. The number of nitrogens with one attached hydrogen (secondary N) is 1. The Balaban J connectivity index is 2.33. The number of rotatable bonds is 3. The highest BCUT2D eigenvalue weighted by Gasteiger charge is 2.09. The van der Waals surface area contributed by atoms with Gasteiger partial charge in [-0.25, -0.2) is 4.98 Å². The van der Waals surface area contributed by atoms with Crippen molar-refractivity contribution in [2.24, 2.45) is 0 Å². The van der Waals surface area contributed by atoms with Crippen LogP contribution < -0.4 is 5.32 Å². The minimum atomic E-state index is 0.359. The second kappa shape index (κ2) is 5.29. The van der Waals surface area contributed by atoms with Crippen molar-refractivity contribution in [1.29, 1.82) is 0 Å². The molecule has 17 heavy (non-hydrogen) atoms. The fraction of sp³-hybridized carbons (Fsp3) is 0.308. The zero-order chi connectivity index (χ0) is 12.4. The van der Waals surface area contributed by atoms with E-state index in [0.717, 1.165) is 9.48 Å². The highest BCUT2D eigenvalue weighted by Crippen LogP contribution is 2.30. The van der Waals surface area contributed by atoms with E-state index in [4.69, 9.17) is 0 Å². The van der Waals surface area contributed by atoms with Crippen molar-refractivity contribution in [2.45, 2.75) is 19.9 Å². The summed E-state index contributed by atoms with van der Waals surface area (Å²) in [6.07, 6.45) is 1.96. The van der Waals surface area contributed by atoms with Crippen LogP contribution in [0, 0.1) is 6.92 Å². The number of thiazole rings is 1. The van der Waals surface area contributed by atoms with Gasteiger partial charge in [0.2, 0.25) is 0 Å². The van der Waals surface area contributed by atoms with Gasteiger partial charge in [0.1, 0.15) is 5.01 Å². The van der Waals surface area contributed by atoms with E-state index in [0.29, 0.717) is 6.04 Å². The molecule has 1 heterocycles. The van der Waals surface area contributed by atoms with Crippen LogP contribution in [0.3, 0.4) is 0 Å². The quantitative estimate of drug-likeness (QED) is 0.920. The van der Waals surface area contributed by atoms with Gasteiger partial charge in [0, 0.05) is 27.2 Å². The SMILES string of the molecule is CNC(C)c1cnc(-c2ccc(Br)c(C)c2)s1. The summed E-state index contributed by atoms with van der Waals surface area (Å²) in [6.45, 7) is 4.24. The number of aromatic nitrogens is 1. The highest BCUT2D eigenvalue weighted by molar-refractivity contribution is 9.10. The molecule has 1 N–H and O–H groups in total. The molecule has 2 aromatic rings. The molecule has 4 heteroatoms. The number of hydrogen-bond donors (Lipinski definition) is 1. The Hall–Kier alpha value is -0.710. The van der Waals surface area contributed by atoms with Crippen molar-refractivity contribution in [1.82, 2.24) is 10.3 Å². The van der Waals surface area contributed by atoms with Crippen LogP contribution in [-0.2, 0) is 0 Å². The standard InChI is InChI=1S/C13H15BrN2S/c1-8-6-10(4-5-11(8)14)13-16-7-12(17-13)9(2)15-3/h4-7,9,15H,1-3H3. The molecule has 0 spiro atoms. The van der Waals surface area contributed by atoms with Crippen molar-refractivity contribution >= 4 is 27.3 Å². The molecule has 1 unspecified atom stereocenters. The Labute approximate surface area is 114 Å². The van der Waals surface area contributed by atoms with Gasteiger partial charge in [-0.05, 0) is 38.6 Å². The van der Waals surface area contributed by atoms with E-state index < -0.39 is 0 Å². The van der Waals surface area contributed by atoms with Crippen LogP contribution in [0.5, 0.6) is 0 Å². The van der Waals surface area contributed by atoms with Crippen LogP contribution in [0.1, 0.15) is 23.4 Å². The second-order valence-electron chi connectivity index (χ2n) is 4.04. The summed E-state index contributed by atoms with van der Waals surface area (Å²) in [5.41, 5.74) is 2.42. The van der Waals surface area contributed by atoms with Crippen molar-refractivity contribution in [3.63, 3.8) is 0 Å². The molecule has 1 aromatic carbocycles. The first-order chi connectivity index (χ1) is 8.11. The summed E-state index contributed by atoms with van der Waals surface area (Å²) < 4.78 is 1.14. The lowest BCUT2D eigenvalue weighted by molar-refractivity contribution is 0.662. The Morgan fingerprint density at radius 3 is 2.82 bits per heavy atom. The summed E-state index contributed by atoms with van der Waals surface area (Å²) in [5, 5.41) is 4.31. The third-order valence-electron chi connectivity index (χ3n) is 2.79. The zero-order valence-corrected chi connectivity index (χ0v) is 12.5. The molecule has 1 aromatic heterocycles. The van der Waals surface area contributed by atoms with Crippen molar-refractivity contribution in [2.75, 3.05) is 7.05 Å². The molecule has 1 atom stereocenters. The molecule has 0 saturated heterocycles. The van der Waals surface area contributed by atoms with E-state index in [9.17, 15) is 0 Å². The Kier molecular flexibility index (Phi) is 3.97. The van der Waals surface area contributed by atoms with Gasteiger partial charge >= 0.3 is 0 Å². The maximum absolute atomic E-state index is 4.49. The minimum absolute atomic E-state index is 0.359. The fourth-order valence-electron chi connectivity index (χ4n) is 1.54. The molecule has 0 saturated carbocycles. The van der Waals surface area contributed by atoms with Gasteiger partial charge in [-0.3, -0.25) is 0 Å². The predicted molar refractivity (Wildman–Crippen MR) is 77.5 cm³/mol. The average Bonchev–Trinajstić information content (AvgIpc) is 2.81.